The van der Waals surface area contributed by atoms with E-state index >= 15 is 0 Å². The van der Waals surface area contributed by atoms with Crippen molar-refractivity contribution in [2.45, 2.75) is 12.8 Å². The summed E-state index contributed by atoms with van der Waals surface area (Å²) in [5, 5.41) is 0.213. The number of nitrogens with one attached hydrogen (secondary N) is 1. The van der Waals surface area contributed by atoms with Gasteiger partial charge in [-0.15, -0.1) is 0 Å². The van der Waals surface area contributed by atoms with Crippen molar-refractivity contribution in [1.82, 2.24) is 19.5 Å². The standard InChI is InChI=1S/C15H14N4O4S/c1-9-5-12-11(6-10(9)13-7-16-3-4-17-13)14(20)19(15(21)18-12)8-24(2,22)23/h3-7H,8H2,1-2H3,(H,18,21). The lowest BCUT2D eigenvalue weighted by molar-refractivity contribution is 0.584. The van der Waals surface area contributed by atoms with Crippen LogP contribution in [0, 0.1) is 6.92 Å². The highest BCUT2D eigenvalue weighted by Gasteiger charge is 2.14. The van der Waals surface area contributed by atoms with Crippen LogP contribution < -0.4 is 11.2 Å². The number of benzene rings is 1. The molecule has 0 atom stereocenters. The summed E-state index contributed by atoms with van der Waals surface area (Å²) in [5.74, 6) is -0.675. The van der Waals surface area contributed by atoms with E-state index in [1.807, 2.05) is 6.92 Å². The number of H-pyrrole nitrogens is 1. The summed E-state index contributed by atoms with van der Waals surface area (Å²) < 4.78 is 23.6. The van der Waals surface area contributed by atoms with Gasteiger partial charge in [0.05, 0.1) is 22.8 Å². The molecule has 0 amide bonds. The minimum Gasteiger partial charge on any atom is -0.307 e. The number of nitrogens with zero attached hydrogens (tertiary/aromatic N) is 3. The first kappa shape index (κ1) is 16.1. The van der Waals surface area contributed by atoms with Crippen molar-refractivity contribution >= 4 is 20.7 Å². The molecule has 0 spiro atoms. The van der Waals surface area contributed by atoms with Gasteiger partial charge in [0.15, 0.2) is 9.84 Å². The fourth-order valence-electron chi connectivity index (χ4n) is 2.47. The number of sulfone groups is 1. The molecule has 0 aliphatic rings. The summed E-state index contributed by atoms with van der Waals surface area (Å²) in [4.78, 5) is 35.3. The zero-order valence-corrected chi connectivity index (χ0v) is 13.8. The minimum atomic E-state index is -3.54. The fourth-order valence-corrected chi connectivity index (χ4v) is 3.18. The zero-order chi connectivity index (χ0) is 17.5. The summed E-state index contributed by atoms with van der Waals surface area (Å²) in [6.07, 6.45) is 5.60. The summed E-state index contributed by atoms with van der Waals surface area (Å²) in [7, 11) is -3.54. The van der Waals surface area contributed by atoms with Crippen LogP contribution in [0.15, 0.2) is 40.3 Å². The first-order valence-corrected chi connectivity index (χ1v) is 9.04. The third kappa shape index (κ3) is 2.98. The van der Waals surface area contributed by atoms with E-state index < -0.39 is 27.0 Å². The van der Waals surface area contributed by atoms with E-state index in [9.17, 15) is 18.0 Å². The molecule has 0 unspecified atom stereocenters. The second-order valence-corrected chi connectivity index (χ2v) is 7.63. The zero-order valence-electron chi connectivity index (χ0n) is 13.0. The van der Waals surface area contributed by atoms with Gasteiger partial charge in [-0.2, -0.15) is 0 Å². The van der Waals surface area contributed by atoms with Crippen molar-refractivity contribution in [1.29, 1.82) is 0 Å². The van der Waals surface area contributed by atoms with Crippen LogP contribution in [-0.4, -0.2) is 34.2 Å². The van der Waals surface area contributed by atoms with Gasteiger partial charge >= 0.3 is 5.69 Å². The predicted octanol–water partition coefficient (Wildman–Crippen LogP) is 0.457. The molecule has 0 aliphatic heterocycles. The summed E-state index contributed by atoms with van der Waals surface area (Å²) in [5.41, 5.74) is 0.996. The second-order valence-electron chi connectivity index (χ2n) is 5.52. The van der Waals surface area contributed by atoms with E-state index in [0.717, 1.165) is 11.8 Å². The highest BCUT2D eigenvalue weighted by atomic mass is 32.2. The Morgan fingerprint density at radius 1 is 1.21 bits per heavy atom. The third-order valence-corrected chi connectivity index (χ3v) is 4.26. The Hall–Kier alpha value is -2.81. The maximum absolute atomic E-state index is 12.6. The Morgan fingerprint density at radius 3 is 2.58 bits per heavy atom. The maximum Gasteiger partial charge on any atom is 0.329 e. The Bertz CT molecular complexity index is 1150. The van der Waals surface area contributed by atoms with Crippen LogP contribution in [0.5, 0.6) is 0 Å². The van der Waals surface area contributed by atoms with Gasteiger partial charge in [0.25, 0.3) is 5.56 Å². The minimum absolute atomic E-state index is 0.213. The quantitative estimate of drug-likeness (QED) is 0.737. The van der Waals surface area contributed by atoms with Gasteiger partial charge in [-0.05, 0) is 24.6 Å². The monoisotopic (exact) mass is 346 g/mol. The highest BCUT2D eigenvalue weighted by Crippen LogP contribution is 2.23. The molecule has 0 aliphatic carbocycles. The van der Waals surface area contributed by atoms with E-state index in [-0.39, 0.29) is 5.39 Å². The predicted molar refractivity (Wildman–Crippen MR) is 89.4 cm³/mol. The fraction of sp³-hybridized carbons (Fsp3) is 0.200. The molecule has 1 N–H and O–H groups in total. The molecule has 0 fully saturated rings. The lowest BCUT2D eigenvalue weighted by Crippen LogP contribution is -2.37. The Balaban J connectivity index is 2.33. The molecule has 0 saturated carbocycles. The van der Waals surface area contributed by atoms with Gasteiger partial charge in [0, 0.05) is 24.2 Å². The lowest BCUT2D eigenvalue weighted by Gasteiger charge is -2.09. The molecule has 0 saturated heterocycles. The average molecular weight is 346 g/mol. The number of rotatable bonds is 3. The lowest BCUT2D eigenvalue weighted by atomic mass is 10.0. The number of aromatic nitrogens is 4. The van der Waals surface area contributed by atoms with Crippen molar-refractivity contribution in [3.8, 4) is 11.3 Å². The van der Waals surface area contributed by atoms with Gasteiger partial charge in [0.2, 0.25) is 0 Å². The van der Waals surface area contributed by atoms with Crippen molar-refractivity contribution in [3.05, 3.63) is 57.1 Å². The van der Waals surface area contributed by atoms with Crippen molar-refractivity contribution in [2.24, 2.45) is 0 Å². The number of hydrogen-bond acceptors (Lipinski definition) is 6. The van der Waals surface area contributed by atoms with E-state index in [2.05, 4.69) is 15.0 Å². The smallest absolute Gasteiger partial charge is 0.307 e. The van der Waals surface area contributed by atoms with Gasteiger partial charge < -0.3 is 4.98 Å². The molecule has 124 valence electrons. The molecular formula is C15H14N4O4S. The Labute approximate surface area is 136 Å². The highest BCUT2D eigenvalue weighted by molar-refractivity contribution is 7.89. The van der Waals surface area contributed by atoms with Crippen LogP contribution >= 0.6 is 0 Å². The van der Waals surface area contributed by atoms with Crippen LogP contribution in [0.3, 0.4) is 0 Å². The van der Waals surface area contributed by atoms with Crippen LogP contribution in [0.2, 0.25) is 0 Å². The number of fused-ring (bicyclic) bond motifs is 1. The summed E-state index contributed by atoms with van der Waals surface area (Å²) in [6, 6.07) is 3.25. The van der Waals surface area contributed by atoms with Crippen LogP contribution in [0.4, 0.5) is 0 Å². The second kappa shape index (κ2) is 5.68. The number of aromatic amines is 1. The molecule has 9 heteroatoms. The average Bonchev–Trinajstić information content (AvgIpc) is 2.51. The molecule has 3 aromatic rings. The van der Waals surface area contributed by atoms with Gasteiger partial charge in [-0.3, -0.25) is 14.8 Å². The molecule has 2 aromatic heterocycles. The largest absolute Gasteiger partial charge is 0.329 e. The van der Waals surface area contributed by atoms with E-state index in [0.29, 0.717) is 21.3 Å². The van der Waals surface area contributed by atoms with E-state index in [1.165, 1.54) is 12.4 Å². The van der Waals surface area contributed by atoms with E-state index in [4.69, 9.17) is 0 Å². The molecule has 2 heterocycles. The van der Waals surface area contributed by atoms with Gasteiger partial charge in [0.1, 0.15) is 5.88 Å². The van der Waals surface area contributed by atoms with Crippen molar-refractivity contribution < 1.29 is 8.42 Å². The molecule has 3 rings (SSSR count). The van der Waals surface area contributed by atoms with Crippen LogP contribution in [-0.2, 0) is 15.7 Å². The summed E-state index contributed by atoms with van der Waals surface area (Å²) in [6.45, 7) is 1.82. The SMILES string of the molecule is Cc1cc2[nH]c(=O)n(CS(C)(=O)=O)c(=O)c2cc1-c1cnccn1. The Kier molecular flexibility index (Phi) is 3.80. The first-order chi connectivity index (χ1) is 11.3. The molecule has 24 heavy (non-hydrogen) atoms. The van der Waals surface area contributed by atoms with Crippen molar-refractivity contribution in [3.63, 3.8) is 0 Å². The third-order valence-electron chi connectivity index (χ3n) is 3.53. The molecule has 0 bridgehead atoms. The Morgan fingerprint density at radius 2 is 1.96 bits per heavy atom. The number of hydrogen-bond donors (Lipinski definition) is 1. The van der Waals surface area contributed by atoms with Crippen LogP contribution in [0.25, 0.3) is 22.2 Å². The molecule has 1 aromatic carbocycles. The maximum atomic E-state index is 12.6. The van der Waals surface area contributed by atoms with Gasteiger partial charge in [-0.25, -0.2) is 17.8 Å². The van der Waals surface area contributed by atoms with E-state index in [1.54, 1.807) is 18.3 Å². The first-order valence-electron chi connectivity index (χ1n) is 6.98. The molecule has 8 nitrogen and oxygen atoms in total. The normalized spacial score (nSPS) is 11.8. The molecule has 0 radical (unpaired) electrons. The van der Waals surface area contributed by atoms with Gasteiger partial charge in [-0.1, -0.05) is 0 Å². The summed E-state index contributed by atoms with van der Waals surface area (Å²) >= 11 is 0. The topological polar surface area (TPSA) is 115 Å². The number of aryl methyl sites for hydroxylation is 1. The van der Waals surface area contributed by atoms with Crippen LogP contribution in [0.1, 0.15) is 5.56 Å². The van der Waals surface area contributed by atoms with Crippen molar-refractivity contribution in [2.75, 3.05) is 6.26 Å². The molecular weight excluding hydrogens is 332 g/mol.